The quantitative estimate of drug-likeness (QED) is 0.179. The van der Waals surface area contributed by atoms with E-state index in [0.717, 1.165) is 0 Å². The molecule has 0 saturated carbocycles. The van der Waals surface area contributed by atoms with Gasteiger partial charge in [-0.05, 0) is 6.08 Å². The Balaban J connectivity index is 4.75. The predicted octanol–water partition coefficient (Wildman–Crippen LogP) is -2.82. The van der Waals surface area contributed by atoms with E-state index >= 15 is 0 Å². The van der Waals surface area contributed by atoms with Gasteiger partial charge in [0.05, 0.1) is 5.57 Å². The molecule has 0 aromatic rings. The average Bonchev–Trinajstić information content (AvgIpc) is 2.57. The standard InChI is InChI=1S/C14H10O16/c15-4(16)2-1-12(6(19)20,7(21)22)14(10(27)28,11(29)30)3(5(17)18)13(2,8(23)24)9(25)26/h1,3H,(H,15,16)(H,17,18)(H,19,20)(H,21,22)(H,23,24)(H,25,26)(H,27,28)(H,29,30). The molecule has 1 atom stereocenters. The number of rotatable bonds is 8. The second-order valence-corrected chi connectivity index (χ2v) is 5.89. The van der Waals surface area contributed by atoms with Gasteiger partial charge in [0, 0.05) is 0 Å². The van der Waals surface area contributed by atoms with E-state index in [9.17, 15) is 79.2 Å². The van der Waals surface area contributed by atoms with Crippen molar-refractivity contribution in [3.05, 3.63) is 11.6 Å². The Kier molecular flexibility index (Phi) is 5.36. The molecule has 0 saturated heterocycles. The first-order chi connectivity index (χ1) is 13.5. The van der Waals surface area contributed by atoms with E-state index in [2.05, 4.69) is 0 Å². The largest absolute Gasteiger partial charge is 0.481 e. The lowest BCUT2D eigenvalue weighted by Gasteiger charge is -2.48. The van der Waals surface area contributed by atoms with Gasteiger partial charge in [0.1, 0.15) is 5.92 Å². The van der Waals surface area contributed by atoms with Gasteiger partial charge in [-0.15, -0.1) is 0 Å². The fourth-order valence-electron chi connectivity index (χ4n) is 3.55. The zero-order valence-corrected chi connectivity index (χ0v) is 14.0. The minimum Gasteiger partial charge on any atom is -0.481 e. The van der Waals surface area contributed by atoms with Crippen molar-refractivity contribution in [2.75, 3.05) is 0 Å². The molecule has 162 valence electrons. The van der Waals surface area contributed by atoms with Crippen molar-refractivity contribution in [2.24, 2.45) is 22.2 Å². The number of carboxylic acid groups (broad SMARTS) is 8. The topological polar surface area (TPSA) is 298 Å². The molecule has 0 fully saturated rings. The van der Waals surface area contributed by atoms with Gasteiger partial charge >= 0.3 is 47.8 Å². The zero-order valence-electron chi connectivity index (χ0n) is 14.0. The zero-order chi connectivity index (χ0) is 24.0. The third kappa shape index (κ3) is 2.33. The van der Waals surface area contributed by atoms with Crippen LogP contribution in [-0.4, -0.2) is 88.6 Å². The molecule has 0 amide bonds. The van der Waals surface area contributed by atoms with Crippen LogP contribution in [-0.2, 0) is 38.4 Å². The molecule has 8 N–H and O–H groups in total. The third-order valence-electron chi connectivity index (χ3n) is 4.78. The van der Waals surface area contributed by atoms with Crippen LogP contribution in [0.1, 0.15) is 0 Å². The Hall–Kier alpha value is -4.50. The molecular formula is C14H10O16. The fraction of sp³-hybridized carbons (Fsp3) is 0.286. The highest BCUT2D eigenvalue weighted by Crippen LogP contribution is 2.61. The van der Waals surface area contributed by atoms with Crippen LogP contribution in [0.3, 0.4) is 0 Å². The van der Waals surface area contributed by atoms with Gasteiger partial charge in [-0.3, -0.25) is 33.6 Å². The van der Waals surface area contributed by atoms with Crippen molar-refractivity contribution in [1.29, 1.82) is 0 Å². The molecule has 0 heterocycles. The molecule has 1 unspecified atom stereocenters. The van der Waals surface area contributed by atoms with Crippen LogP contribution in [0.25, 0.3) is 0 Å². The van der Waals surface area contributed by atoms with Gasteiger partial charge in [0.2, 0.25) is 16.2 Å². The Morgan fingerprint density at radius 3 is 1.17 bits per heavy atom. The minimum atomic E-state index is -4.73. The lowest BCUT2D eigenvalue weighted by Crippen LogP contribution is -2.73. The van der Waals surface area contributed by atoms with Crippen molar-refractivity contribution in [1.82, 2.24) is 0 Å². The molecule has 0 aromatic carbocycles. The van der Waals surface area contributed by atoms with Crippen LogP contribution in [0.4, 0.5) is 0 Å². The number of carbonyl (C=O) groups is 8. The summed E-state index contributed by atoms with van der Waals surface area (Å²) in [7, 11) is 0. The average molecular weight is 434 g/mol. The highest BCUT2D eigenvalue weighted by Gasteiger charge is 2.85. The number of hydrogen-bond donors (Lipinski definition) is 8. The summed E-state index contributed by atoms with van der Waals surface area (Å²) in [6, 6.07) is 0. The molecule has 16 nitrogen and oxygen atoms in total. The number of carboxylic acids is 8. The lowest BCUT2D eigenvalue weighted by molar-refractivity contribution is -0.211. The molecule has 1 aliphatic carbocycles. The summed E-state index contributed by atoms with van der Waals surface area (Å²) in [6.45, 7) is 0. The Bertz CT molecular complexity index is 909. The lowest BCUT2D eigenvalue weighted by atomic mass is 9.45. The summed E-state index contributed by atoms with van der Waals surface area (Å²) in [5.74, 6) is -27.2. The van der Waals surface area contributed by atoms with Crippen LogP contribution in [0.5, 0.6) is 0 Å². The smallest absolute Gasteiger partial charge is 0.333 e. The van der Waals surface area contributed by atoms with Gasteiger partial charge in [-0.1, -0.05) is 0 Å². The molecule has 30 heavy (non-hydrogen) atoms. The van der Waals surface area contributed by atoms with Crippen molar-refractivity contribution in [3.63, 3.8) is 0 Å². The monoisotopic (exact) mass is 434 g/mol. The van der Waals surface area contributed by atoms with Crippen molar-refractivity contribution < 1.29 is 79.2 Å². The second-order valence-electron chi connectivity index (χ2n) is 5.89. The van der Waals surface area contributed by atoms with Crippen LogP contribution in [0, 0.1) is 22.2 Å². The first-order valence-corrected chi connectivity index (χ1v) is 7.12. The van der Waals surface area contributed by atoms with E-state index in [1.54, 1.807) is 0 Å². The summed E-state index contributed by atoms with van der Waals surface area (Å²) < 4.78 is 0. The molecule has 0 radical (unpaired) electrons. The maximum Gasteiger partial charge on any atom is 0.333 e. The molecule has 16 heteroatoms. The van der Waals surface area contributed by atoms with Gasteiger partial charge in [-0.2, -0.15) is 0 Å². The summed E-state index contributed by atoms with van der Waals surface area (Å²) >= 11 is 0. The van der Waals surface area contributed by atoms with Crippen LogP contribution < -0.4 is 0 Å². The van der Waals surface area contributed by atoms with Gasteiger partial charge in [-0.25, -0.2) is 4.79 Å². The fourth-order valence-corrected chi connectivity index (χ4v) is 3.55. The van der Waals surface area contributed by atoms with Crippen LogP contribution in [0.2, 0.25) is 0 Å². The molecular weight excluding hydrogens is 424 g/mol. The maximum absolute atomic E-state index is 11.9. The van der Waals surface area contributed by atoms with Crippen molar-refractivity contribution in [3.8, 4) is 0 Å². The summed E-state index contributed by atoms with van der Waals surface area (Å²) in [5.41, 5.74) is -15.8. The van der Waals surface area contributed by atoms with E-state index in [0.29, 0.717) is 0 Å². The van der Waals surface area contributed by atoms with E-state index in [-0.39, 0.29) is 0 Å². The predicted molar refractivity (Wildman–Crippen MR) is 80.0 cm³/mol. The first-order valence-electron chi connectivity index (χ1n) is 7.12. The SMILES string of the molecule is O=C(O)C1=CC(C(=O)O)(C(=O)O)C(C(=O)O)(C(=O)O)C(C(=O)O)C1(C(=O)O)C(=O)O. The van der Waals surface area contributed by atoms with E-state index in [1.807, 2.05) is 0 Å². The van der Waals surface area contributed by atoms with Crippen LogP contribution >= 0.6 is 0 Å². The Morgan fingerprint density at radius 2 is 0.967 bits per heavy atom. The molecule has 0 spiro atoms. The minimum absolute atomic E-state index is 0.691. The molecule has 0 aliphatic heterocycles. The first kappa shape index (κ1) is 23.5. The van der Waals surface area contributed by atoms with Crippen LogP contribution in [0.15, 0.2) is 11.6 Å². The molecule has 0 bridgehead atoms. The summed E-state index contributed by atoms with van der Waals surface area (Å²) in [5, 5.41) is 75.3. The normalized spacial score (nSPS) is 20.8. The highest BCUT2D eigenvalue weighted by molar-refractivity contribution is 6.23. The van der Waals surface area contributed by atoms with E-state index < -0.39 is 81.6 Å². The van der Waals surface area contributed by atoms with E-state index in [4.69, 9.17) is 0 Å². The second kappa shape index (κ2) is 6.83. The van der Waals surface area contributed by atoms with Gasteiger partial charge in [0.15, 0.2) is 0 Å². The Morgan fingerprint density at radius 1 is 0.600 bits per heavy atom. The number of aliphatic carboxylic acids is 8. The van der Waals surface area contributed by atoms with E-state index in [1.165, 1.54) is 0 Å². The van der Waals surface area contributed by atoms with Crippen molar-refractivity contribution in [2.45, 2.75) is 0 Å². The Labute approximate surface area is 161 Å². The maximum atomic E-state index is 11.9. The van der Waals surface area contributed by atoms with Gasteiger partial charge in [0.25, 0.3) is 0 Å². The summed E-state index contributed by atoms with van der Waals surface area (Å²) in [4.78, 5) is 94.5. The molecule has 0 aromatic heterocycles. The third-order valence-corrected chi connectivity index (χ3v) is 4.78. The molecule has 1 aliphatic rings. The number of hydrogen-bond acceptors (Lipinski definition) is 8. The summed E-state index contributed by atoms with van der Waals surface area (Å²) in [6.07, 6.45) is -0.691. The van der Waals surface area contributed by atoms with Gasteiger partial charge < -0.3 is 40.9 Å². The van der Waals surface area contributed by atoms with Crippen molar-refractivity contribution >= 4 is 47.8 Å². The molecule has 1 rings (SSSR count). The highest BCUT2D eigenvalue weighted by atomic mass is 16.4.